The van der Waals surface area contributed by atoms with Crippen molar-refractivity contribution in [2.24, 2.45) is 17.8 Å². The number of hydrogen-bond donors (Lipinski definition) is 5. The maximum absolute atomic E-state index is 13.6. The number of aliphatic hydroxyl groups excluding tert-OH is 1. The van der Waals surface area contributed by atoms with Gasteiger partial charge in [0.2, 0.25) is 5.91 Å². The van der Waals surface area contributed by atoms with Gasteiger partial charge in [-0.1, -0.05) is 84.0 Å². The highest BCUT2D eigenvalue weighted by Crippen LogP contribution is 2.16. The highest BCUT2D eigenvalue weighted by atomic mass is 16.6. The van der Waals surface area contributed by atoms with Crippen LogP contribution in [0.2, 0.25) is 0 Å². The van der Waals surface area contributed by atoms with Gasteiger partial charge in [0.25, 0.3) is 5.91 Å². The third kappa shape index (κ3) is 15.0. The molecule has 13 nitrogen and oxygen atoms in total. The fraction of sp³-hybridized carbons (Fsp3) is 0.568. The van der Waals surface area contributed by atoms with Crippen molar-refractivity contribution in [1.29, 1.82) is 0 Å². The molecule has 0 aliphatic carbocycles. The van der Waals surface area contributed by atoms with Crippen LogP contribution in [0.15, 0.2) is 54.6 Å². The zero-order valence-corrected chi connectivity index (χ0v) is 30.7. The van der Waals surface area contributed by atoms with Crippen LogP contribution in [0, 0.1) is 17.8 Å². The number of carbonyl (C=O) groups is 4. The van der Waals surface area contributed by atoms with Crippen LogP contribution in [-0.2, 0) is 32.0 Å². The lowest BCUT2D eigenvalue weighted by Gasteiger charge is -2.33. The molecule has 4 atom stereocenters. The Kier molecular flexibility index (Phi) is 18.1. The molecular weight excluding hydrogens is 642 g/mol. The van der Waals surface area contributed by atoms with Crippen LogP contribution >= 0.6 is 0 Å². The Bertz CT molecular complexity index is 1320. The third-order valence-corrected chi connectivity index (χ3v) is 7.64. The summed E-state index contributed by atoms with van der Waals surface area (Å²) in [5.41, 5.74) is 4.56. The van der Waals surface area contributed by atoms with Crippen molar-refractivity contribution in [3.63, 3.8) is 0 Å². The van der Waals surface area contributed by atoms with Gasteiger partial charge in [0, 0.05) is 13.1 Å². The first-order chi connectivity index (χ1) is 23.7. The van der Waals surface area contributed by atoms with Gasteiger partial charge in [0.15, 0.2) is 0 Å². The smallest absolute Gasteiger partial charge is 0.407 e. The van der Waals surface area contributed by atoms with Crippen molar-refractivity contribution in [3.8, 4) is 5.75 Å². The number of hydrogen-bond acceptors (Lipinski definition) is 9. The summed E-state index contributed by atoms with van der Waals surface area (Å²) in [4.78, 5) is 51.7. The predicted octanol–water partition coefficient (Wildman–Crippen LogP) is 4.18. The van der Waals surface area contributed by atoms with Gasteiger partial charge in [-0.05, 0) is 61.3 Å². The van der Waals surface area contributed by atoms with Gasteiger partial charge in [0.05, 0.1) is 32.0 Å². The Hall–Kier alpha value is -4.36. The molecule has 0 aliphatic rings. The summed E-state index contributed by atoms with van der Waals surface area (Å²) >= 11 is 0. The number of nitrogens with zero attached hydrogens (tertiary/aromatic N) is 1. The van der Waals surface area contributed by atoms with Crippen molar-refractivity contribution in [2.45, 2.75) is 92.6 Å². The van der Waals surface area contributed by atoms with Crippen molar-refractivity contribution in [3.05, 3.63) is 65.7 Å². The maximum Gasteiger partial charge on any atom is 0.407 e. The average Bonchev–Trinajstić information content (AvgIpc) is 3.05. The standard InChI is InChI=1S/C37H57N5O8/c1-9-48-36(46)39-32(25(5)6)34(44)38-30(20-27-14-12-11-13-15-27)31(43)22-42(21-28-16-18-29(19-17-28)50-23-24(3)4)41-35(45)33(26(7)8)40-37(47)49-10-2/h11-19,24-26,30-33,43H,9-10,20-23H2,1-8H3,(H,38,44)(H,39,46)(H,40,47)(H,41,45)/t30?,31?,32-,33-/m0/s1. The lowest BCUT2D eigenvalue weighted by molar-refractivity contribution is -0.131. The summed E-state index contributed by atoms with van der Waals surface area (Å²) in [6, 6.07) is 14.1. The molecule has 50 heavy (non-hydrogen) atoms. The Labute approximate surface area is 296 Å². The quantitative estimate of drug-likeness (QED) is 0.127. The highest BCUT2D eigenvalue weighted by Gasteiger charge is 2.32. The summed E-state index contributed by atoms with van der Waals surface area (Å²) in [6.07, 6.45) is -2.36. The summed E-state index contributed by atoms with van der Waals surface area (Å²) in [6.45, 7) is 15.6. The zero-order chi connectivity index (χ0) is 37.2. The normalized spacial score (nSPS) is 13.7. The number of rotatable bonds is 20. The van der Waals surface area contributed by atoms with Crippen LogP contribution in [0.5, 0.6) is 5.75 Å². The molecule has 0 bridgehead atoms. The van der Waals surface area contributed by atoms with E-state index in [4.69, 9.17) is 14.2 Å². The predicted molar refractivity (Wildman–Crippen MR) is 191 cm³/mol. The number of nitrogens with one attached hydrogen (secondary N) is 4. The van der Waals surface area contributed by atoms with E-state index in [0.29, 0.717) is 18.3 Å². The molecule has 0 fully saturated rings. The Morgan fingerprint density at radius 3 is 1.76 bits per heavy atom. The largest absolute Gasteiger partial charge is 0.493 e. The molecule has 2 unspecified atom stereocenters. The number of hydrazine groups is 1. The zero-order valence-electron chi connectivity index (χ0n) is 30.7. The van der Waals surface area contributed by atoms with Gasteiger partial charge in [-0.15, -0.1) is 0 Å². The van der Waals surface area contributed by atoms with Gasteiger partial charge in [0.1, 0.15) is 17.8 Å². The first kappa shape index (κ1) is 41.8. The Morgan fingerprint density at radius 1 is 0.720 bits per heavy atom. The maximum atomic E-state index is 13.6. The summed E-state index contributed by atoms with van der Waals surface area (Å²) in [5.74, 6) is -0.484. The second kappa shape index (κ2) is 21.7. The molecule has 2 rings (SSSR count). The monoisotopic (exact) mass is 699 g/mol. The average molecular weight is 700 g/mol. The topological polar surface area (TPSA) is 168 Å². The second-order valence-electron chi connectivity index (χ2n) is 13.3. The molecule has 0 heterocycles. The van der Waals surface area contributed by atoms with E-state index < -0.39 is 48.2 Å². The van der Waals surface area contributed by atoms with Crippen molar-refractivity contribution < 1.29 is 38.5 Å². The molecule has 5 N–H and O–H groups in total. The van der Waals surface area contributed by atoms with Gasteiger partial charge in [-0.25, -0.2) is 14.6 Å². The van der Waals surface area contributed by atoms with Crippen LogP contribution < -0.4 is 26.1 Å². The van der Waals surface area contributed by atoms with E-state index in [1.165, 1.54) is 0 Å². The van der Waals surface area contributed by atoms with E-state index in [9.17, 15) is 24.3 Å². The molecule has 0 aliphatic heterocycles. The molecule has 0 radical (unpaired) electrons. The van der Waals surface area contributed by atoms with Crippen LogP contribution in [-0.4, -0.2) is 84.7 Å². The molecular formula is C37H57N5O8. The minimum atomic E-state index is -1.20. The highest BCUT2D eigenvalue weighted by molar-refractivity contribution is 5.86. The molecule has 278 valence electrons. The number of aliphatic hydroxyl groups is 1. The lowest BCUT2D eigenvalue weighted by Crippen LogP contribution is -2.59. The van der Waals surface area contributed by atoms with Crippen LogP contribution in [0.3, 0.4) is 0 Å². The van der Waals surface area contributed by atoms with Crippen LogP contribution in [0.25, 0.3) is 0 Å². The number of ether oxygens (including phenoxy) is 3. The minimum absolute atomic E-state index is 0.100. The van der Waals surface area contributed by atoms with Crippen LogP contribution in [0.4, 0.5) is 9.59 Å². The molecule has 0 saturated carbocycles. The minimum Gasteiger partial charge on any atom is -0.493 e. The van der Waals surface area contributed by atoms with E-state index >= 15 is 0 Å². The molecule has 0 saturated heterocycles. The van der Waals surface area contributed by atoms with Gasteiger partial charge in [-0.3, -0.25) is 15.0 Å². The third-order valence-electron chi connectivity index (χ3n) is 7.64. The van der Waals surface area contributed by atoms with E-state index in [1.54, 1.807) is 46.6 Å². The van der Waals surface area contributed by atoms with E-state index in [1.807, 2.05) is 54.6 Å². The summed E-state index contributed by atoms with van der Waals surface area (Å²) in [7, 11) is 0. The van der Waals surface area contributed by atoms with Gasteiger partial charge in [-0.2, -0.15) is 0 Å². The van der Waals surface area contributed by atoms with E-state index in [-0.39, 0.29) is 44.6 Å². The lowest BCUT2D eigenvalue weighted by atomic mass is 9.98. The van der Waals surface area contributed by atoms with Crippen molar-refractivity contribution in [1.82, 2.24) is 26.4 Å². The molecule has 2 aromatic rings. The fourth-order valence-electron chi connectivity index (χ4n) is 5.00. The molecule has 0 spiro atoms. The van der Waals surface area contributed by atoms with Gasteiger partial charge < -0.3 is 35.3 Å². The van der Waals surface area contributed by atoms with Crippen molar-refractivity contribution >= 4 is 24.0 Å². The number of benzene rings is 2. The molecule has 4 amide bonds. The first-order valence-electron chi connectivity index (χ1n) is 17.4. The van der Waals surface area contributed by atoms with E-state index in [0.717, 1.165) is 11.1 Å². The SMILES string of the molecule is CCOC(=O)N[C@H](C(=O)NC(Cc1ccccc1)C(O)CN(Cc1ccc(OCC(C)C)cc1)NC(=O)[C@@H](NC(=O)OCC)C(C)C)C(C)C. The van der Waals surface area contributed by atoms with E-state index in [2.05, 4.69) is 35.2 Å². The number of carbonyl (C=O) groups excluding carboxylic acids is 4. The summed E-state index contributed by atoms with van der Waals surface area (Å²) in [5, 5.41) is 21.5. The molecule has 2 aromatic carbocycles. The van der Waals surface area contributed by atoms with Crippen LogP contribution in [0.1, 0.15) is 66.5 Å². The number of alkyl carbamates (subject to hydrolysis) is 2. The number of amides is 4. The second-order valence-corrected chi connectivity index (χ2v) is 13.3. The summed E-state index contributed by atoms with van der Waals surface area (Å²) < 4.78 is 15.8. The molecule has 0 aromatic heterocycles. The Morgan fingerprint density at radius 2 is 1.26 bits per heavy atom. The Balaban J connectivity index is 2.40. The molecule has 13 heteroatoms. The first-order valence-corrected chi connectivity index (χ1v) is 17.4. The van der Waals surface area contributed by atoms with Crippen molar-refractivity contribution in [2.75, 3.05) is 26.4 Å². The fourth-order valence-corrected chi connectivity index (χ4v) is 5.00. The van der Waals surface area contributed by atoms with Gasteiger partial charge >= 0.3 is 12.2 Å².